The van der Waals surface area contributed by atoms with E-state index in [1.807, 2.05) is 53.7 Å². The Bertz CT molecular complexity index is 1630. The van der Waals surface area contributed by atoms with Gasteiger partial charge in [0.25, 0.3) is 0 Å². The van der Waals surface area contributed by atoms with Gasteiger partial charge < -0.3 is 9.47 Å². The van der Waals surface area contributed by atoms with E-state index in [1.54, 1.807) is 64.8 Å². The number of carbonyl (C=O) groups excluding carboxylic acids is 2. The summed E-state index contributed by atoms with van der Waals surface area (Å²) in [5.41, 5.74) is -1.82. The van der Waals surface area contributed by atoms with Gasteiger partial charge in [0.1, 0.15) is 6.04 Å². The van der Waals surface area contributed by atoms with Crippen molar-refractivity contribution in [1.82, 2.24) is 5.01 Å². The molecule has 5 rings (SSSR count). The Morgan fingerprint density at radius 3 is 1.96 bits per heavy atom. The molecule has 0 amide bonds. The first-order valence-electron chi connectivity index (χ1n) is 15.5. The van der Waals surface area contributed by atoms with Gasteiger partial charge in [0.05, 0.1) is 30.5 Å². The van der Waals surface area contributed by atoms with Gasteiger partial charge in [-0.15, -0.1) is 0 Å². The number of fused-ring (bicyclic) bond motifs is 3. The maximum Gasteiger partial charge on any atom is 0.418 e. The van der Waals surface area contributed by atoms with Crippen LogP contribution in [0.2, 0.25) is 0 Å². The zero-order valence-corrected chi connectivity index (χ0v) is 29.0. The number of halogens is 4. The van der Waals surface area contributed by atoms with E-state index in [-0.39, 0.29) is 25.3 Å². The van der Waals surface area contributed by atoms with E-state index in [4.69, 9.17) is 9.47 Å². The zero-order valence-electron chi connectivity index (χ0n) is 27.4. The van der Waals surface area contributed by atoms with Crippen LogP contribution in [0.5, 0.6) is 0 Å². The second-order valence-corrected chi connectivity index (χ2v) is 15.5. The van der Waals surface area contributed by atoms with Gasteiger partial charge in [-0.25, -0.2) is 0 Å². The summed E-state index contributed by atoms with van der Waals surface area (Å²) < 4.78 is 56.7. The molecule has 1 fully saturated rings. The Kier molecular flexibility index (Phi) is 9.31. The van der Waals surface area contributed by atoms with Gasteiger partial charge in [0.15, 0.2) is 5.41 Å². The maximum absolute atomic E-state index is 14.7. The average Bonchev–Trinajstić information content (AvgIpc) is 3.00. The van der Waals surface area contributed by atoms with Gasteiger partial charge in [0, 0.05) is 17.1 Å². The highest BCUT2D eigenvalue weighted by Crippen LogP contribution is 2.58. The van der Waals surface area contributed by atoms with Crippen LogP contribution in [0.1, 0.15) is 82.3 Å². The lowest BCUT2D eigenvalue weighted by Crippen LogP contribution is -2.63. The smallest absolute Gasteiger partial charge is 0.418 e. The summed E-state index contributed by atoms with van der Waals surface area (Å²) in [5, 5.41) is 3.16. The molecule has 2 aliphatic heterocycles. The minimum absolute atomic E-state index is 0.0217. The van der Waals surface area contributed by atoms with Crippen molar-refractivity contribution in [3.8, 4) is 0 Å². The van der Waals surface area contributed by atoms with Crippen molar-refractivity contribution >= 4 is 39.6 Å². The summed E-state index contributed by atoms with van der Waals surface area (Å²) in [7, 11) is 0. The maximum atomic E-state index is 14.7. The lowest BCUT2D eigenvalue weighted by molar-refractivity contribution is -0.187. The van der Waals surface area contributed by atoms with Crippen LogP contribution in [0.15, 0.2) is 83.5 Å². The van der Waals surface area contributed by atoms with Crippen molar-refractivity contribution in [3.63, 3.8) is 0 Å². The van der Waals surface area contributed by atoms with E-state index in [0.717, 1.165) is 16.1 Å². The molecule has 0 bridgehead atoms. The van der Waals surface area contributed by atoms with E-state index in [2.05, 4.69) is 15.9 Å². The monoisotopic (exact) mass is 712 g/mol. The van der Waals surface area contributed by atoms with Gasteiger partial charge in [-0.1, -0.05) is 106 Å². The number of nitrogens with zero attached hydrogens (tertiary/aromatic N) is 2. The topological polar surface area (TPSA) is 59.1 Å². The van der Waals surface area contributed by atoms with Crippen LogP contribution in [0.25, 0.3) is 6.08 Å². The molecule has 0 saturated carbocycles. The number of alkyl halides is 3. The number of hydrogen-bond acceptors (Lipinski definition) is 6. The summed E-state index contributed by atoms with van der Waals surface area (Å²) in [6, 6.07) is 17.8. The molecule has 0 radical (unpaired) electrons. The summed E-state index contributed by atoms with van der Waals surface area (Å²) in [5.74, 6) is -1.56. The van der Waals surface area contributed by atoms with Crippen LogP contribution in [-0.2, 0) is 25.2 Å². The molecular formula is C37H40BrF3N2O4. The molecule has 3 aromatic carbocycles. The summed E-state index contributed by atoms with van der Waals surface area (Å²) in [6.07, 6.45) is -1.46. The summed E-state index contributed by atoms with van der Waals surface area (Å²) >= 11 is 3.46. The van der Waals surface area contributed by atoms with Crippen molar-refractivity contribution in [2.75, 3.05) is 18.2 Å². The number of benzene rings is 3. The van der Waals surface area contributed by atoms with Crippen LogP contribution in [0, 0.1) is 16.2 Å². The lowest BCUT2D eigenvalue weighted by atomic mass is 9.67. The molecule has 0 aliphatic carbocycles. The average molecular weight is 714 g/mol. The number of anilines is 1. The van der Waals surface area contributed by atoms with Crippen LogP contribution in [0.3, 0.4) is 0 Å². The molecule has 6 nitrogen and oxygen atoms in total. The van der Waals surface area contributed by atoms with Gasteiger partial charge >= 0.3 is 18.1 Å². The second kappa shape index (κ2) is 12.7. The third kappa shape index (κ3) is 7.08. The number of hydrogen-bond donors (Lipinski definition) is 0. The number of carbonyl (C=O) groups is 2. The predicted octanol–water partition coefficient (Wildman–Crippen LogP) is 9.53. The second-order valence-electron chi connectivity index (χ2n) is 14.6. The summed E-state index contributed by atoms with van der Waals surface area (Å²) in [4.78, 5) is 29.4. The van der Waals surface area contributed by atoms with E-state index >= 15 is 0 Å². The molecule has 1 saturated heterocycles. The first-order chi connectivity index (χ1) is 21.9. The fourth-order valence-corrected chi connectivity index (χ4v) is 6.36. The van der Waals surface area contributed by atoms with Crippen LogP contribution < -0.4 is 5.01 Å². The van der Waals surface area contributed by atoms with Crippen molar-refractivity contribution in [2.24, 2.45) is 16.2 Å². The molecular weight excluding hydrogens is 673 g/mol. The minimum Gasteiger partial charge on any atom is -0.464 e. The molecule has 0 N–H and O–H groups in total. The normalized spacial score (nSPS) is 19.1. The summed E-state index contributed by atoms with van der Waals surface area (Å²) in [6.45, 7) is 11.5. The van der Waals surface area contributed by atoms with E-state index in [1.165, 1.54) is 12.1 Å². The predicted molar refractivity (Wildman–Crippen MR) is 179 cm³/mol. The quantitative estimate of drug-likeness (QED) is 0.187. The first-order valence-corrected chi connectivity index (χ1v) is 16.3. The van der Waals surface area contributed by atoms with Gasteiger partial charge in [-0.2, -0.15) is 13.2 Å². The van der Waals surface area contributed by atoms with Crippen molar-refractivity contribution in [3.05, 3.63) is 106 Å². The molecule has 2 heterocycles. The third-order valence-corrected chi connectivity index (χ3v) is 8.73. The third-order valence-electron chi connectivity index (χ3n) is 8.20. The molecule has 0 aromatic heterocycles. The molecule has 250 valence electrons. The Balaban J connectivity index is 1.82. The number of hydrazine groups is 1. The SMILES string of the molecule is CC(C)(C)COC(=O)C1(C(=O)OCC(C)(C)C)C[C@H](c2ccc(Br)cc2)N(c2ccccc2C(F)(F)F)N2C=Cc3ccccc3[C@@H]21. The van der Waals surface area contributed by atoms with E-state index in [9.17, 15) is 22.8 Å². The molecule has 2 atom stereocenters. The highest BCUT2D eigenvalue weighted by molar-refractivity contribution is 9.10. The Hall–Kier alpha value is -3.79. The van der Waals surface area contributed by atoms with Gasteiger partial charge in [0.2, 0.25) is 0 Å². The molecule has 3 aromatic rings. The van der Waals surface area contributed by atoms with E-state index in [0.29, 0.717) is 11.1 Å². The van der Waals surface area contributed by atoms with Crippen molar-refractivity contribution in [2.45, 2.75) is 66.2 Å². The van der Waals surface area contributed by atoms with Gasteiger partial charge in [-0.3, -0.25) is 19.6 Å². The van der Waals surface area contributed by atoms with Crippen molar-refractivity contribution < 1.29 is 32.2 Å². The van der Waals surface area contributed by atoms with Gasteiger partial charge in [-0.05, 0) is 57.9 Å². The van der Waals surface area contributed by atoms with Crippen molar-refractivity contribution in [1.29, 1.82) is 0 Å². The number of rotatable bonds is 6. The molecule has 47 heavy (non-hydrogen) atoms. The molecule has 0 unspecified atom stereocenters. The Morgan fingerprint density at radius 2 is 1.38 bits per heavy atom. The van der Waals surface area contributed by atoms with E-state index < -0.39 is 52.0 Å². The highest BCUT2D eigenvalue weighted by atomic mass is 79.9. The standard InChI is InChI=1S/C37H40BrF3N2O4/c1-34(2,3)22-46-32(44)36(33(45)47-23-35(4,5)6)21-30(25-15-17-26(38)18-16-25)43(29-14-10-9-13-28(29)37(39,40)41)42-20-19-24-11-7-8-12-27(24)31(36)42/h7-20,30-31H,21-23H2,1-6H3/t30-,31-/m1/s1. The zero-order chi connectivity index (χ0) is 34.4. The Morgan fingerprint density at radius 1 is 0.830 bits per heavy atom. The fourth-order valence-electron chi connectivity index (χ4n) is 6.09. The number of esters is 2. The van der Waals surface area contributed by atoms with Crippen LogP contribution >= 0.6 is 15.9 Å². The first kappa shape index (κ1) is 34.5. The number of ether oxygens (including phenoxy) is 2. The highest BCUT2D eigenvalue weighted by Gasteiger charge is 2.64. The molecule has 0 spiro atoms. The number of para-hydroxylation sites is 1. The lowest BCUT2D eigenvalue weighted by Gasteiger charge is -2.57. The minimum atomic E-state index is -4.68. The molecule has 2 aliphatic rings. The molecule has 10 heteroatoms. The largest absolute Gasteiger partial charge is 0.464 e. The Labute approximate surface area is 282 Å². The fraction of sp³-hybridized carbons (Fsp3) is 0.405. The van der Waals surface area contributed by atoms with Crippen LogP contribution in [-0.4, -0.2) is 30.2 Å². The van der Waals surface area contributed by atoms with Crippen LogP contribution in [0.4, 0.5) is 18.9 Å².